The summed E-state index contributed by atoms with van der Waals surface area (Å²) in [5.74, 6) is 1.28. The molecule has 1 saturated carbocycles. The fourth-order valence-corrected chi connectivity index (χ4v) is 2.48. The third-order valence-electron chi connectivity index (χ3n) is 4.40. The molecule has 1 aliphatic rings. The van der Waals surface area contributed by atoms with Crippen molar-refractivity contribution in [1.82, 2.24) is 10.6 Å². The van der Waals surface area contributed by atoms with Crippen LogP contribution in [0.4, 0.5) is 0 Å². The number of aliphatic hydroxyl groups excluding tert-OH is 1. The minimum atomic E-state index is 0.0600. The molecule has 1 aliphatic carbocycles. The van der Waals surface area contributed by atoms with Crippen LogP contribution in [0.5, 0.6) is 0 Å². The Morgan fingerprint density at radius 3 is 2.73 bits per heavy atom. The standard InChI is InChI=1S/C18H29N3O/c1-4-19-17(21-12-18(13-22)8-9-18)20-11-15(3)16-7-5-6-14(2)10-16/h5-7,10,15,22H,4,8-9,11-13H2,1-3H3,(H2,19,20,21). The van der Waals surface area contributed by atoms with Gasteiger partial charge in [-0.05, 0) is 38.2 Å². The van der Waals surface area contributed by atoms with E-state index < -0.39 is 0 Å². The molecule has 0 radical (unpaired) electrons. The zero-order valence-electron chi connectivity index (χ0n) is 14.0. The molecule has 0 aromatic heterocycles. The summed E-state index contributed by atoms with van der Waals surface area (Å²) in [7, 11) is 0. The van der Waals surface area contributed by atoms with Gasteiger partial charge in [-0.25, -0.2) is 0 Å². The molecule has 2 rings (SSSR count). The van der Waals surface area contributed by atoms with E-state index >= 15 is 0 Å². The molecule has 1 fully saturated rings. The molecular formula is C18H29N3O. The van der Waals surface area contributed by atoms with Gasteiger partial charge in [0.05, 0.1) is 13.2 Å². The minimum Gasteiger partial charge on any atom is -0.396 e. The van der Waals surface area contributed by atoms with Gasteiger partial charge in [-0.2, -0.15) is 0 Å². The smallest absolute Gasteiger partial charge is 0.191 e. The third kappa shape index (κ3) is 4.73. The number of rotatable bonds is 7. The maximum absolute atomic E-state index is 9.38. The van der Waals surface area contributed by atoms with Crippen LogP contribution in [-0.2, 0) is 0 Å². The first kappa shape index (κ1) is 16.8. The Bertz CT molecular complexity index is 509. The third-order valence-corrected chi connectivity index (χ3v) is 4.40. The molecule has 122 valence electrons. The molecule has 1 aromatic carbocycles. The van der Waals surface area contributed by atoms with E-state index in [-0.39, 0.29) is 12.0 Å². The number of benzene rings is 1. The van der Waals surface area contributed by atoms with E-state index in [4.69, 9.17) is 0 Å². The number of hydrogen-bond acceptors (Lipinski definition) is 2. The first-order valence-electron chi connectivity index (χ1n) is 8.28. The van der Waals surface area contributed by atoms with Crippen molar-refractivity contribution in [3.8, 4) is 0 Å². The van der Waals surface area contributed by atoms with E-state index in [1.54, 1.807) is 0 Å². The number of aliphatic imine (C=N–C) groups is 1. The van der Waals surface area contributed by atoms with Crippen molar-refractivity contribution in [2.45, 2.75) is 39.5 Å². The van der Waals surface area contributed by atoms with Gasteiger partial charge in [0.25, 0.3) is 0 Å². The highest BCUT2D eigenvalue weighted by Gasteiger charge is 2.41. The number of hydrogen-bond donors (Lipinski definition) is 3. The van der Waals surface area contributed by atoms with Gasteiger partial charge < -0.3 is 15.7 Å². The van der Waals surface area contributed by atoms with Crippen LogP contribution in [0, 0.1) is 12.3 Å². The highest BCUT2D eigenvalue weighted by Crippen LogP contribution is 2.45. The van der Waals surface area contributed by atoms with E-state index in [0.717, 1.165) is 31.9 Å². The molecule has 1 aromatic rings. The van der Waals surface area contributed by atoms with Crippen LogP contribution in [0.3, 0.4) is 0 Å². The average Bonchev–Trinajstić information content (AvgIpc) is 3.30. The molecule has 0 amide bonds. The molecule has 1 atom stereocenters. The molecule has 0 spiro atoms. The second-order valence-electron chi connectivity index (χ2n) is 6.55. The lowest BCUT2D eigenvalue weighted by atomic mass is 9.99. The van der Waals surface area contributed by atoms with Crippen LogP contribution in [-0.4, -0.2) is 37.3 Å². The van der Waals surface area contributed by atoms with E-state index in [1.807, 2.05) is 0 Å². The lowest BCUT2D eigenvalue weighted by Crippen LogP contribution is -2.39. The lowest BCUT2D eigenvalue weighted by molar-refractivity contribution is 0.217. The van der Waals surface area contributed by atoms with Crippen molar-refractivity contribution < 1.29 is 5.11 Å². The molecule has 4 nitrogen and oxygen atoms in total. The molecule has 0 heterocycles. The number of aliphatic hydroxyl groups is 1. The quantitative estimate of drug-likeness (QED) is 0.535. The fraction of sp³-hybridized carbons (Fsp3) is 0.611. The van der Waals surface area contributed by atoms with Gasteiger partial charge in [0.2, 0.25) is 0 Å². The number of guanidine groups is 1. The summed E-state index contributed by atoms with van der Waals surface area (Å²) in [6.07, 6.45) is 2.18. The summed E-state index contributed by atoms with van der Waals surface area (Å²) in [6, 6.07) is 8.65. The number of nitrogens with one attached hydrogen (secondary N) is 2. The molecule has 0 aliphatic heterocycles. The molecule has 22 heavy (non-hydrogen) atoms. The van der Waals surface area contributed by atoms with E-state index in [9.17, 15) is 5.11 Å². The van der Waals surface area contributed by atoms with Crippen LogP contribution in [0.25, 0.3) is 0 Å². The monoisotopic (exact) mass is 303 g/mol. The molecule has 3 N–H and O–H groups in total. The number of nitrogens with zero attached hydrogens (tertiary/aromatic N) is 1. The summed E-state index contributed by atoms with van der Waals surface area (Å²) in [6.45, 7) is 9.06. The van der Waals surface area contributed by atoms with E-state index in [0.29, 0.717) is 12.5 Å². The summed E-state index contributed by atoms with van der Waals surface area (Å²) < 4.78 is 0. The Labute approximate surface area is 134 Å². The van der Waals surface area contributed by atoms with Gasteiger partial charge in [0.15, 0.2) is 5.96 Å². The largest absolute Gasteiger partial charge is 0.396 e. The summed E-state index contributed by atoms with van der Waals surface area (Å²) in [5, 5.41) is 16.1. The first-order valence-corrected chi connectivity index (χ1v) is 8.28. The van der Waals surface area contributed by atoms with Gasteiger partial charge in [-0.1, -0.05) is 36.8 Å². The van der Waals surface area contributed by atoms with Gasteiger partial charge in [-0.3, -0.25) is 4.99 Å². The van der Waals surface area contributed by atoms with Crippen molar-refractivity contribution >= 4 is 5.96 Å². The molecule has 0 saturated heterocycles. The van der Waals surface area contributed by atoms with Gasteiger partial charge in [0, 0.05) is 18.5 Å². The maximum Gasteiger partial charge on any atom is 0.191 e. The maximum atomic E-state index is 9.38. The average molecular weight is 303 g/mol. The van der Waals surface area contributed by atoms with Gasteiger partial charge in [-0.15, -0.1) is 0 Å². The Hall–Kier alpha value is -1.55. The molecule has 0 bridgehead atoms. The summed E-state index contributed by atoms with van der Waals surface area (Å²) >= 11 is 0. The van der Waals surface area contributed by atoms with Crippen LogP contribution in [0.15, 0.2) is 29.3 Å². The summed E-state index contributed by atoms with van der Waals surface area (Å²) in [5.41, 5.74) is 2.70. The van der Waals surface area contributed by atoms with Crippen molar-refractivity contribution in [2.75, 3.05) is 26.2 Å². The lowest BCUT2D eigenvalue weighted by Gasteiger charge is -2.17. The molecule has 4 heteroatoms. The Balaban J connectivity index is 1.89. The predicted molar refractivity (Wildman–Crippen MR) is 92.3 cm³/mol. The predicted octanol–water partition coefficient (Wildman–Crippen LogP) is 2.43. The van der Waals surface area contributed by atoms with Crippen LogP contribution < -0.4 is 10.6 Å². The normalized spacial score (nSPS) is 17.9. The zero-order chi connectivity index (χ0) is 16.0. The Morgan fingerprint density at radius 1 is 1.36 bits per heavy atom. The Morgan fingerprint density at radius 2 is 2.14 bits per heavy atom. The van der Waals surface area contributed by atoms with Gasteiger partial charge >= 0.3 is 0 Å². The molecular weight excluding hydrogens is 274 g/mol. The first-order chi connectivity index (χ1) is 10.6. The van der Waals surface area contributed by atoms with Crippen molar-refractivity contribution in [3.63, 3.8) is 0 Å². The highest BCUT2D eigenvalue weighted by atomic mass is 16.3. The number of aryl methyl sites for hydroxylation is 1. The SMILES string of the molecule is CCNC(=NCC1(CO)CC1)NCC(C)c1cccc(C)c1. The van der Waals surface area contributed by atoms with E-state index in [1.165, 1.54) is 11.1 Å². The second kappa shape index (κ2) is 7.63. The highest BCUT2D eigenvalue weighted by molar-refractivity contribution is 5.79. The van der Waals surface area contributed by atoms with Crippen LogP contribution >= 0.6 is 0 Å². The Kier molecular flexibility index (Phi) is 5.83. The summed E-state index contributed by atoms with van der Waals surface area (Å²) in [4.78, 5) is 4.64. The van der Waals surface area contributed by atoms with Crippen molar-refractivity contribution in [3.05, 3.63) is 35.4 Å². The van der Waals surface area contributed by atoms with E-state index in [2.05, 4.69) is 60.7 Å². The van der Waals surface area contributed by atoms with Crippen LogP contribution in [0.1, 0.15) is 43.7 Å². The molecule has 1 unspecified atom stereocenters. The van der Waals surface area contributed by atoms with Crippen molar-refractivity contribution in [2.24, 2.45) is 10.4 Å². The van der Waals surface area contributed by atoms with Gasteiger partial charge in [0.1, 0.15) is 0 Å². The second-order valence-corrected chi connectivity index (χ2v) is 6.55. The zero-order valence-corrected chi connectivity index (χ0v) is 14.0. The van der Waals surface area contributed by atoms with Crippen LogP contribution in [0.2, 0.25) is 0 Å². The van der Waals surface area contributed by atoms with Crippen molar-refractivity contribution in [1.29, 1.82) is 0 Å². The fourth-order valence-electron chi connectivity index (χ4n) is 2.48. The topological polar surface area (TPSA) is 56.7 Å². The minimum absolute atomic E-state index is 0.0600.